The van der Waals surface area contributed by atoms with Crippen LogP contribution in [0.5, 0.6) is 0 Å². The van der Waals surface area contributed by atoms with Gasteiger partial charge in [-0.2, -0.15) is 0 Å². The molecule has 1 saturated heterocycles. The van der Waals surface area contributed by atoms with Crippen LogP contribution in [0, 0.1) is 17.8 Å². The third-order valence-electron chi connectivity index (χ3n) is 16.1. The van der Waals surface area contributed by atoms with Crippen LogP contribution in [-0.4, -0.2) is 119 Å². The number of carbonyl (C=O) groups excluding carboxylic acids is 7. The van der Waals surface area contributed by atoms with Crippen LogP contribution in [0.25, 0.3) is 0 Å². The molecule has 16 heteroatoms. The number of benzene rings is 4. The molecule has 4 aromatic rings. The number of rotatable bonds is 17. The van der Waals surface area contributed by atoms with Gasteiger partial charge in [0.2, 0.25) is 35.4 Å². The molecule has 6 N–H and O–H groups in total. The minimum Gasteiger partial charge on any atom is -0.347 e. The van der Waals surface area contributed by atoms with E-state index in [1.807, 2.05) is 134 Å². The van der Waals surface area contributed by atoms with Crippen molar-refractivity contribution in [3.05, 3.63) is 142 Å². The van der Waals surface area contributed by atoms with Crippen molar-refractivity contribution in [1.82, 2.24) is 46.6 Å². The zero-order valence-corrected chi connectivity index (χ0v) is 47.8. The Morgan fingerprint density at radius 2 is 1.21 bits per heavy atom. The molecule has 0 bridgehead atoms. The lowest BCUT2D eigenvalue weighted by Crippen LogP contribution is -2.62. The van der Waals surface area contributed by atoms with E-state index in [0.29, 0.717) is 5.56 Å². The van der Waals surface area contributed by atoms with E-state index in [2.05, 4.69) is 38.0 Å². The number of nitrogens with one attached hydrogen (secondary N) is 6. The summed E-state index contributed by atoms with van der Waals surface area (Å²) in [4.78, 5) is 106. The van der Waals surface area contributed by atoms with E-state index < -0.39 is 71.0 Å². The molecule has 1 unspecified atom stereocenters. The fourth-order valence-corrected chi connectivity index (χ4v) is 11.1. The zero-order valence-electron chi connectivity index (χ0n) is 47.8. The summed E-state index contributed by atoms with van der Waals surface area (Å²) in [6.07, 6.45) is 3.01. The number of likely N-dealkylation sites (N-methyl/N-ethyl adjacent to an activating group) is 2. The molecule has 0 spiro atoms. The number of hydrogen-bond acceptors (Lipinski definition) is 9. The molecule has 3 aliphatic rings. The van der Waals surface area contributed by atoms with Crippen molar-refractivity contribution in [1.29, 1.82) is 0 Å². The van der Waals surface area contributed by atoms with Gasteiger partial charge in [0.1, 0.15) is 24.2 Å². The highest BCUT2D eigenvalue weighted by molar-refractivity contribution is 5.97. The van der Waals surface area contributed by atoms with E-state index in [1.165, 1.54) is 10.5 Å². The summed E-state index contributed by atoms with van der Waals surface area (Å²) in [5.41, 5.74) is 5.76. The number of likely N-dealkylation sites (tertiary alicyclic amines) is 1. The summed E-state index contributed by atoms with van der Waals surface area (Å²) in [7, 11) is 3.36. The first kappa shape index (κ1) is 58.8. The maximum Gasteiger partial charge on any atom is 0.251 e. The van der Waals surface area contributed by atoms with Crippen LogP contribution in [0.3, 0.4) is 0 Å². The van der Waals surface area contributed by atoms with E-state index in [1.54, 1.807) is 49.9 Å². The van der Waals surface area contributed by atoms with E-state index in [9.17, 15) is 24.0 Å². The smallest absolute Gasteiger partial charge is 0.251 e. The van der Waals surface area contributed by atoms with Gasteiger partial charge in [-0.05, 0) is 129 Å². The number of aryl methyl sites for hydroxylation is 2. The molecule has 2 heterocycles. The topological polar surface area (TPSA) is 201 Å². The second kappa shape index (κ2) is 24.8. The Bertz CT molecular complexity index is 2840. The van der Waals surface area contributed by atoms with Crippen LogP contribution in [0.4, 0.5) is 0 Å². The van der Waals surface area contributed by atoms with E-state index >= 15 is 9.59 Å². The van der Waals surface area contributed by atoms with Gasteiger partial charge in [-0.15, -0.1) is 0 Å². The molecule has 7 rings (SSSR count). The Balaban J connectivity index is 1.15. The lowest BCUT2D eigenvalue weighted by molar-refractivity contribution is -0.152. The standard InChI is InChI=1S/C62H83N9O7/c1-37-20-13-17-25-47(37)40(4)69(58(76)51-32-44-22-14-15-23-45(44)35-70(51)59(77)52(61(5,6)7)67-54(72)38(2)63-11)34-41-28-30-43(31-29-41)56(74)65-46-33-50(57(75)66-49-27-19-24-42-21-16-18-26-48(42)49)71(36-46)60(78)53(62(8,9)10)68-55(73)39(3)64-12/h13-18,20-23,25-26,28-31,38-40,46,49-53,63-64H,19,24,27,32-36H2,1-12H3,(H,65,74)(H,66,75)(H,67,72)(H,68,73)/t38-,39-,40+,46-,49+,50-,51-,52+,53?/m0/s1. The Kier molecular flexibility index (Phi) is 18.7. The van der Waals surface area contributed by atoms with Crippen LogP contribution in [-0.2, 0) is 54.7 Å². The third-order valence-corrected chi connectivity index (χ3v) is 16.1. The van der Waals surface area contributed by atoms with Crippen LogP contribution in [0.2, 0.25) is 0 Å². The van der Waals surface area contributed by atoms with Gasteiger partial charge < -0.3 is 46.6 Å². The van der Waals surface area contributed by atoms with Crippen LogP contribution in [0.15, 0.2) is 97.1 Å². The lowest BCUT2D eigenvalue weighted by Gasteiger charge is -2.43. The van der Waals surface area contributed by atoms with Crippen molar-refractivity contribution in [3.63, 3.8) is 0 Å². The Labute approximate surface area is 461 Å². The van der Waals surface area contributed by atoms with Crippen LogP contribution >= 0.6 is 0 Å². The highest BCUT2D eigenvalue weighted by Gasteiger charge is 2.47. The normalized spacial score (nSPS) is 20.2. The highest BCUT2D eigenvalue weighted by Crippen LogP contribution is 2.35. The van der Waals surface area contributed by atoms with Gasteiger partial charge in [0.25, 0.3) is 5.91 Å². The molecule has 4 aromatic carbocycles. The summed E-state index contributed by atoms with van der Waals surface area (Å²) in [5.74, 6) is -2.40. The van der Waals surface area contributed by atoms with Crippen molar-refractivity contribution >= 4 is 41.4 Å². The number of nitrogens with zero attached hydrogens (tertiary/aromatic N) is 3. The molecular weight excluding hydrogens is 983 g/mol. The molecular formula is C62H83N9O7. The molecule has 1 fully saturated rings. The van der Waals surface area contributed by atoms with E-state index in [-0.39, 0.29) is 68.1 Å². The zero-order chi connectivity index (χ0) is 56.8. The molecule has 2 aliphatic heterocycles. The second-order valence-corrected chi connectivity index (χ2v) is 23.9. The molecule has 9 atom stereocenters. The fourth-order valence-electron chi connectivity index (χ4n) is 11.1. The fraction of sp³-hybridized carbons (Fsp3) is 0.500. The van der Waals surface area contributed by atoms with Gasteiger partial charge in [0.15, 0.2) is 0 Å². The van der Waals surface area contributed by atoms with Gasteiger partial charge >= 0.3 is 0 Å². The monoisotopic (exact) mass is 1070 g/mol. The molecule has 0 saturated carbocycles. The van der Waals surface area contributed by atoms with Crippen molar-refractivity contribution in [2.45, 2.75) is 169 Å². The Hall–Kier alpha value is -6.91. The SMILES string of the molecule is CN[C@@H](C)C(=O)NC(C(=O)N1C[C@@H](NC(=O)c2ccc(CN(C(=O)[C@@H]3Cc4ccccc4CN3C(=O)[C@@H](NC(=O)[C@H](C)NC)C(C)(C)C)[C@H](C)c3ccccc3C)cc2)C[C@H]1C(=O)N[C@@H]1CCCc2ccccc21)C(C)(C)C. The summed E-state index contributed by atoms with van der Waals surface area (Å²) in [6, 6.07) is 24.7. The summed E-state index contributed by atoms with van der Waals surface area (Å²) >= 11 is 0. The molecule has 7 amide bonds. The van der Waals surface area contributed by atoms with Crippen molar-refractivity contribution in [2.75, 3.05) is 20.6 Å². The number of carbonyl (C=O) groups is 7. The van der Waals surface area contributed by atoms with Gasteiger partial charge in [-0.3, -0.25) is 33.6 Å². The summed E-state index contributed by atoms with van der Waals surface area (Å²) < 4.78 is 0. The highest BCUT2D eigenvalue weighted by atomic mass is 16.2. The van der Waals surface area contributed by atoms with E-state index in [0.717, 1.165) is 52.6 Å². The summed E-state index contributed by atoms with van der Waals surface area (Å²) in [5, 5.41) is 18.2. The maximum atomic E-state index is 15.6. The van der Waals surface area contributed by atoms with Crippen molar-refractivity contribution < 1.29 is 33.6 Å². The van der Waals surface area contributed by atoms with Gasteiger partial charge in [-0.1, -0.05) is 126 Å². The molecule has 78 heavy (non-hydrogen) atoms. The first-order chi connectivity index (χ1) is 36.9. The molecule has 418 valence electrons. The molecule has 0 radical (unpaired) electrons. The Morgan fingerprint density at radius 3 is 1.79 bits per heavy atom. The Morgan fingerprint density at radius 1 is 0.654 bits per heavy atom. The number of amides is 7. The van der Waals surface area contributed by atoms with Gasteiger partial charge in [0.05, 0.1) is 24.2 Å². The first-order valence-electron chi connectivity index (χ1n) is 27.7. The predicted octanol–water partition coefficient (Wildman–Crippen LogP) is 6.21. The van der Waals surface area contributed by atoms with Crippen molar-refractivity contribution in [3.8, 4) is 0 Å². The van der Waals surface area contributed by atoms with Crippen LogP contribution < -0.4 is 31.9 Å². The molecule has 0 aromatic heterocycles. The third kappa shape index (κ3) is 13.5. The minimum atomic E-state index is -0.966. The van der Waals surface area contributed by atoms with E-state index in [4.69, 9.17) is 0 Å². The van der Waals surface area contributed by atoms with Crippen LogP contribution in [0.1, 0.15) is 143 Å². The molecule has 1 aliphatic carbocycles. The minimum absolute atomic E-state index is 0.0446. The van der Waals surface area contributed by atoms with Gasteiger partial charge in [0, 0.05) is 37.7 Å². The number of fused-ring (bicyclic) bond motifs is 2. The first-order valence-corrected chi connectivity index (χ1v) is 27.7. The molecule has 16 nitrogen and oxygen atoms in total. The largest absolute Gasteiger partial charge is 0.347 e. The average Bonchev–Trinajstić information content (AvgIpc) is 3.98. The second-order valence-electron chi connectivity index (χ2n) is 23.9. The lowest BCUT2D eigenvalue weighted by atomic mass is 9.84. The summed E-state index contributed by atoms with van der Waals surface area (Å²) in [6.45, 7) is 19.1. The maximum absolute atomic E-state index is 15.6. The average molecular weight is 1070 g/mol. The van der Waals surface area contributed by atoms with Gasteiger partial charge in [-0.25, -0.2) is 0 Å². The predicted molar refractivity (Wildman–Crippen MR) is 303 cm³/mol. The quantitative estimate of drug-likeness (QED) is 0.0712. The van der Waals surface area contributed by atoms with Crippen molar-refractivity contribution in [2.24, 2.45) is 10.8 Å². The number of hydrogen-bond donors (Lipinski definition) is 6.